The third-order valence-corrected chi connectivity index (χ3v) is 4.12. The summed E-state index contributed by atoms with van der Waals surface area (Å²) in [5.41, 5.74) is 4.86. The highest BCUT2D eigenvalue weighted by molar-refractivity contribution is 5.81. The summed E-state index contributed by atoms with van der Waals surface area (Å²) >= 11 is 0. The van der Waals surface area contributed by atoms with Crippen molar-refractivity contribution in [1.82, 2.24) is 9.55 Å². The summed E-state index contributed by atoms with van der Waals surface area (Å²) in [6.07, 6.45) is 1.03. The molecule has 3 aromatic rings. The van der Waals surface area contributed by atoms with Gasteiger partial charge in [-0.05, 0) is 49.2 Å². The third kappa shape index (κ3) is 1.82. The molecule has 1 aromatic heterocycles. The number of benzene rings is 2. The second kappa shape index (κ2) is 4.58. The molecule has 0 spiro atoms. The molecule has 0 atom stereocenters. The first-order valence-corrected chi connectivity index (χ1v) is 7.30. The van der Waals surface area contributed by atoms with Crippen LogP contribution in [0.15, 0.2) is 36.4 Å². The van der Waals surface area contributed by atoms with Crippen LogP contribution in [0.5, 0.6) is 0 Å². The van der Waals surface area contributed by atoms with Crippen LogP contribution in [-0.2, 0) is 13.0 Å². The Balaban J connectivity index is 1.96. The van der Waals surface area contributed by atoms with Crippen LogP contribution in [-0.4, -0.2) is 16.1 Å². The lowest BCUT2D eigenvalue weighted by atomic mass is 10.1. The molecule has 0 fully saturated rings. The maximum absolute atomic E-state index is 14.0. The Morgan fingerprint density at radius 2 is 2.19 bits per heavy atom. The highest BCUT2D eigenvalue weighted by Crippen LogP contribution is 2.30. The Kier molecular flexibility index (Phi) is 2.70. The summed E-state index contributed by atoms with van der Waals surface area (Å²) in [5.74, 6) is 0.580. The number of hydrogen-bond donors (Lipinski definition) is 1. The molecule has 1 aliphatic rings. The van der Waals surface area contributed by atoms with Crippen molar-refractivity contribution < 1.29 is 4.39 Å². The van der Waals surface area contributed by atoms with E-state index in [0.717, 1.165) is 36.4 Å². The Bertz CT molecular complexity index is 835. The molecular formula is C17H16FN3. The molecule has 0 unspecified atom stereocenters. The van der Waals surface area contributed by atoms with Crippen LogP contribution < -0.4 is 5.32 Å². The third-order valence-electron chi connectivity index (χ3n) is 4.12. The minimum absolute atomic E-state index is 0.260. The number of para-hydroxylation sites is 1. The average Bonchev–Trinajstić information content (AvgIpc) is 3.10. The number of hydrogen-bond acceptors (Lipinski definition) is 2. The number of imidazole rings is 1. The quantitative estimate of drug-likeness (QED) is 0.773. The molecule has 2 heterocycles. The molecule has 21 heavy (non-hydrogen) atoms. The lowest BCUT2D eigenvalue weighted by molar-refractivity contribution is 0.637. The zero-order chi connectivity index (χ0) is 14.4. The van der Waals surface area contributed by atoms with Gasteiger partial charge in [-0.1, -0.05) is 6.07 Å². The molecule has 0 saturated heterocycles. The van der Waals surface area contributed by atoms with Gasteiger partial charge in [-0.25, -0.2) is 9.37 Å². The molecular weight excluding hydrogens is 265 g/mol. The SMILES string of the molecule is CCn1c(-c2ccc3c(c2)CCN3)nc2c(F)cccc21. The normalized spacial score (nSPS) is 13.4. The molecule has 0 aliphatic carbocycles. The van der Waals surface area contributed by atoms with E-state index in [1.165, 1.54) is 17.3 Å². The summed E-state index contributed by atoms with van der Waals surface area (Å²) in [5, 5.41) is 3.36. The van der Waals surface area contributed by atoms with E-state index in [4.69, 9.17) is 0 Å². The monoisotopic (exact) mass is 281 g/mol. The van der Waals surface area contributed by atoms with Crippen LogP contribution in [0.2, 0.25) is 0 Å². The van der Waals surface area contributed by atoms with Gasteiger partial charge in [0.15, 0.2) is 5.82 Å². The molecule has 1 N–H and O–H groups in total. The van der Waals surface area contributed by atoms with Crippen molar-refractivity contribution in [1.29, 1.82) is 0 Å². The van der Waals surface area contributed by atoms with Gasteiger partial charge in [-0.3, -0.25) is 0 Å². The van der Waals surface area contributed by atoms with Crippen LogP contribution >= 0.6 is 0 Å². The number of aryl methyl sites for hydroxylation is 1. The van der Waals surface area contributed by atoms with Crippen LogP contribution in [0, 0.1) is 5.82 Å². The molecule has 4 rings (SSSR count). The van der Waals surface area contributed by atoms with Crippen molar-refractivity contribution in [3.05, 3.63) is 47.8 Å². The highest BCUT2D eigenvalue weighted by atomic mass is 19.1. The van der Waals surface area contributed by atoms with E-state index in [2.05, 4.69) is 40.0 Å². The topological polar surface area (TPSA) is 29.9 Å². The number of fused-ring (bicyclic) bond motifs is 2. The number of anilines is 1. The standard InChI is InChI=1S/C17H16FN3/c1-2-21-15-5-3-4-13(18)16(15)20-17(21)12-6-7-14-11(10-12)8-9-19-14/h3-7,10,19H,2,8-9H2,1H3. The van der Waals surface area contributed by atoms with E-state index in [9.17, 15) is 4.39 Å². The Hall–Kier alpha value is -2.36. The Morgan fingerprint density at radius 1 is 1.29 bits per heavy atom. The van der Waals surface area contributed by atoms with Gasteiger partial charge >= 0.3 is 0 Å². The average molecular weight is 281 g/mol. The summed E-state index contributed by atoms with van der Waals surface area (Å²) < 4.78 is 16.0. The highest BCUT2D eigenvalue weighted by Gasteiger charge is 2.16. The number of halogens is 1. The first kappa shape index (κ1) is 12.4. The van der Waals surface area contributed by atoms with E-state index >= 15 is 0 Å². The Labute approximate surface area is 122 Å². The fraction of sp³-hybridized carbons (Fsp3) is 0.235. The van der Waals surface area contributed by atoms with E-state index < -0.39 is 0 Å². The fourth-order valence-electron chi connectivity index (χ4n) is 3.10. The zero-order valence-corrected chi connectivity index (χ0v) is 11.9. The van der Waals surface area contributed by atoms with Gasteiger partial charge < -0.3 is 9.88 Å². The number of aromatic nitrogens is 2. The first-order valence-electron chi connectivity index (χ1n) is 7.30. The predicted octanol–water partition coefficient (Wildman–Crippen LogP) is 3.83. The summed E-state index contributed by atoms with van der Waals surface area (Å²) in [7, 11) is 0. The lowest BCUT2D eigenvalue weighted by Crippen LogP contribution is -1.97. The number of nitrogens with zero attached hydrogens (tertiary/aromatic N) is 2. The van der Waals surface area contributed by atoms with Crippen molar-refractivity contribution in [2.24, 2.45) is 0 Å². The Morgan fingerprint density at radius 3 is 3.05 bits per heavy atom. The second-order valence-electron chi connectivity index (χ2n) is 5.34. The second-order valence-corrected chi connectivity index (χ2v) is 5.34. The van der Waals surface area contributed by atoms with Gasteiger partial charge in [0.1, 0.15) is 11.3 Å². The molecule has 4 heteroatoms. The molecule has 0 amide bonds. The van der Waals surface area contributed by atoms with Crippen molar-refractivity contribution in [3.63, 3.8) is 0 Å². The van der Waals surface area contributed by atoms with Crippen LogP contribution in [0.4, 0.5) is 10.1 Å². The molecule has 2 aromatic carbocycles. The van der Waals surface area contributed by atoms with Crippen molar-refractivity contribution in [3.8, 4) is 11.4 Å². The fourth-order valence-corrected chi connectivity index (χ4v) is 3.10. The van der Waals surface area contributed by atoms with Gasteiger partial charge in [-0.2, -0.15) is 0 Å². The summed E-state index contributed by atoms with van der Waals surface area (Å²) in [6, 6.07) is 11.4. The van der Waals surface area contributed by atoms with E-state index in [-0.39, 0.29) is 5.82 Å². The van der Waals surface area contributed by atoms with Gasteiger partial charge in [0.25, 0.3) is 0 Å². The molecule has 3 nitrogen and oxygen atoms in total. The maximum atomic E-state index is 14.0. The van der Waals surface area contributed by atoms with E-state index in [1.54, 1.807) is 6.07 Å². The van der Waals surface area contributed by atoms with Gasteiger partial charge in [0.05, 0.1) is 5.52 Å². The molecule has 106 valence electrons. The lowest BCUT2D eigenvalue weighted by Gasteiger charge is -2.07. The smallest absolute Gasteiger partial charge is 0.151 e. The number of nitrogens with one attached hydrogen (secondary N) is 1. The molecule has 0 radical (unpaired) electrons. The van der Waals surface area contributed by atoms with Gasteiger partial charge in [-0.15, -0.1) is 0 Å². The molecule has 0 bridgehead atoms. The summed E-state index contributed by atoms with van der Waals surface area (Å²) in [4.78, 5) is 4.55. The van der Waals surface area contributed by atoms with E-state index in [0.29, 0.717) is 5.52 Å². The van der Waals surface area contributed by atoms with Crippen molar-refractivity contribution in [2.45, 2.75) is 19.9 Å². The minimum atomic E-state index is -0.260. The molecule has 1 aliphatic heterocycles. The minimum Gasteiger partial charge on any atom is -0.384 e. The van der Waals surface area contributed by atoms with Crippen LogP contribution in [0.1, 0.15) is 12.5 Å². The van der Waals surface area contributed by atoms with Gasteiger partial charge in [0.2, 0.25) is 0 Å². The van der Waals surface area contributed by atoms with Gasteiger partial charge in [0, 0.05) is 24.3 Å². The largest absolute Gasteiger partial charge is 0.384 e. The van der Waals surface area contributed by atoms with Crippen molar-refractivity contribution >= 4 is 16.7 Å². The summed E-state index contributed by atoms with van der Waals surface area (Å²) in [6.45, 7) is 3.81. The predicted molar refractivity (Wildman–Crippen MR) is 83.0 cm³/mol. The maximum Gasteiger partial charge on any atom is 0.151 e. The first-order chi connectivity index (χ1) is 10.3. The number of rotatable bonds is 2. The van der Waals surface area contributed by atoms with Crippen LogP contribution in [0.3, 0.4) is 0 Å². The molecule has 0 saturated carbocycles. The van der Waals surface area contributed by atoms with Crippen LogP contribution in [0.25, 0.3) is 22.4 Å². The zero-order valence-electron chi connectivity index (χ0n) is 11.9. The van der Waals surface area contributed by atoms with E-state index in [1.807, 2.05) is 6.07 Å². The van der Waals surface area contributed by atoms with Crippen molar-refractivity contribution in [2.75, 3.05) is 11.9 Å².